The summed E-state index contributed by atoms with van der Waals surface area (Å²) in [5, 5.41) is 2.95. The predicted octanol–water partition coefficient (Wildman–Crippen LogP) is 8.54. The average molecular weight is 867 g/mol. The van der Waals surface area contributed by atoms with Gasteiger partial charge in [-0.05, 0) is 64.0 Å². The first-order chi connectivity index (χ1) is 29.0. The van der Waals surface area contributed by atoms with E-state index in [2.05, 4.69) is 17.4 Å². The zero-order valence-electron chi connectivity index (χ0n) is 35.6. The van der Waals surface area contributed by atoms with Crippen molar-refractivity contribution in [3.05, 3.63) is 106 Å². The summed E-state index contributed by atoms with van der Waals surface area (Å²) in [6.07, 6.45) is 5.11. The van der Waals surface area contributed by atoms with Gasteiger partial charge in [0.2, 0.25) is 17.7 Å². The molecule has 330 valence electrons. The van der Waals surface area contributed by atoms with Gasteiger partial charge in [0.25, 0.3) is 0 Å². The molecule has 1 unspecified atom stereocenters. The number of carbonyl (C=O) groups excluding carboxylic acids is 5. The van der Waals surface area contributed by atoms with E-state index in [4.69, 9.17) is 16.3 Å². The Morgan fingerprint density at radius 3 is 1.92 bits per heavy atom. The van der Waals surface area contributed by atoms with Crippen LogP contribution in [0, 0.1) is 0 Å². The van der Waals surface area contributed by atoms with Crippen LogP contribution in [0.1, 0.15) is 120 Å². The molecular weight excluding hydrogens is 809 g/mol. The van der Waals surface area contributed by atoms with Crippen LogP contribution in [-0.2, 0) is 34.3 Å². The van der Waals surface area contributed by atoms with Crippen molar-refractivity contribution in [3.63, 3.8) is 0 Å². The molecule has 1 N–H and O–H groups in total. The quantitative estimate of drug-likeness (QED) is 0.128. The highest BCUT2D eigenvalue weighted by Crippen LogP contribution is 2.44. The molecule has 2 atom stereocenters. The van der Waals surface area contributed by atoms with Gasteiger partial charge in [-0.1, -0.05) is 123 Å². The molecule has 0 radical (unpaired) electrons. The van der Waals surface area contributed by atoms with Gasteiger partial charge in [-0.25, -0.2) is 0 Å². The number of likely N-dealkylation sites (tertiary alicyclic amines) is 1. The number of nitrogens with one attached hydrogen (secondary N) is 1. The molecule has 0 aromatic heterocycles. The second kappa shape index (κ2) is 20.8. The molecule has 2 aliphatic rings. The van der Waals surface area contributed by atoms with Gasteiger partial charge in [-0.3, -0.25) is 24.0 Å². The molecule has 0 bridgehead atoms. The summed E-state index contributed by atoms with van der Waals surface area (Å²) in [7, 11) is 1.21. The largest absolute Gasteiger partial charge is 0.471 e. The van der Waals surface area contributed by atoms with Crippen LogP contribution in [0.15, 0.2) is 78.9 Å². The summed E-state index contributed by atoms with van der Waals surface area (Å²) in [5.41, 5.74) is -0.631. The number of hydrogen-bond acceptors (Lipinski definition) is 6. The molecule has 1 saturated heterocycles. The number of ether oxygens (including phenoxy) is 1. The number of nitrogens with zero attached hydrogens (tertiary/aromatic N) is 3. The van der Waals surface area contributed by atoms with E-state index < -0.39 is 72.5 Å². The number of carbonyl (C=O) groups is 5. The molecule has 1 saturated carbocycles. The fourth-order valence-electron chi connectivity index (χ4n) is 8.82. The molecule has 1 heterocycles. The van der Waals surface area contributed by atoms with Crippen LogP contribution >= 0.6 is 11.6 Å². The van der Waals surface area contributed by atoms with Crippen LogP contribution in [0.2, 0.25) is 5.02 Å². The first-order valence-electron chi connectivity index (χ1n) is 21.4. The molecule has 4 amide bonds. The summed E-state index contributed by atoms with van der Waals surface area (Å²) in [5.74, 6) is -4.92. The topological polar surface area (TPSA) is 116 Å². The van der Waals surface area contributed by atoms with Gasteiger partial charge in [0.15, 0.2) is 5.60 Å². The zero-order valence-corrected chi connectivity index (χ0v) is 36.3. The predicted molar refractivity (Wildman–Crippen MR) is 228 cm³/mol. The molecule has 14 heteroatoms. The Morgan fingerprint density at radius 1 is 0.787 bits per heavy atom. The van der Waals surface area contributed by atoms with Crippen molar-refractivity contribution in [2.24, 2.45) is 0 Å². The summed E-state index contributed by atoms with van der Waals surface area (Å²) in [6.45, 7) is 3.36. The minimum atomic E-state index is -5.22. The number of esters is 1. The highest BCUT2D eigenvalue weighted by Gasteiger charge is 2.50. The lowest BCUT2D eigenvalue weighted by molar-refractivity contribution is -0.192. The summed E-state index contributed by atoms with van der Waals surface area (Å²) in [4.78, 5) is 70.8. The van der Waals surface area contributed by atoms with Crippen molar-refractivity contribution >= 4 is 41.2 Å². The monoisotopic (exact) mass is 866 g/mol. The first-order valence-corrected chi connectivity index (χ1v) is 21.7. The van der Waals surface area contributed by atoms with Gasteiger partial charge in [0.05, 0.1) is 13.0 Å². The Kier molecular flexibility index (Phi) is 16.1. The molecule has 3 aromatic rings. The summed E-state index contributed by atoms with van der Waals surface area (Å²) in [6, 6.07) is 23.0. The Hall–Kier alpha value is -4.91. The van der Waals surface area contributed by atoms with E-state index in [0.717, 1.165) is 57.3 Å². The molecule has 2 fully saturated rings. The lowest BCUT2D eigenvalue weighted by Crippen LogP contribution is -2.61. The highest BCUT2D eigenvalue weighted by atomic mass is 35.5. The maximum atomic E-state index is 14.6. The summed E-state index contributed by atoms with van der Waals surface area (Å²) < 4.78 is 46.9. The Bertz CT molecular complexity index is 1980. The van der Waals surface area contributed by atoms with E-state index in [9.17, 15) is 37.1 Å². The highest BCUT2D eigenvalue weighted by molar-refractivity contribution is 6.31. The number of hydrogen-bond donors (Lipinski definition) is 1. The van der Waals surface area contributed by atoms with Gasteiger partial charge in [-0.15, -0.1) is 0 Å². The van der Waals surface area contributed by atoms with Crippen LogP contribution in [0.25, 0.3) is 0 Å². The SMILES string of the molecule is CCN(C(=O)C(F)(F)F)C(C)(C)C(=O)N(C)CC(=O)N[C@@H](CC(=O)OC(c1ccccc1)(c1ccc(C2CCCCCCCC2)cc1)c1ccccc1Cl)C(=O)N1CCCC1. The third-order valence-corrected chi connectivity index (χ3v) is 12.3. The standard InChI is InChI=1S/C47H58ClF3N4O6/c1-5-55(44(60)47(49,50)51)45(2,3)43(59)53(4)32-40(56)52-39(42(58)54-29-17-18-30-54)31-41(57)61-46(35-21-13-10-14-22-35,37-23-15-16-24-38(37)48)36-27-25-34(26-28-36)33-19-11-8-6-7-9-12-20-33/h10,13-16,21-28,33,39H,5-9,11-12,17-20,29-32H2,1-4H3,(H,52,56)/t39-,46?/m0/s1. The number of rotatable bonds is 14. The second-order valence-corrected chi connectivity index (χ2v) is 17.0. The third-order valence-electron chi connectivity index (χ3n) is 12.0. The molecular formula is C47H58ClF3N4O6. The van der Waals surface area contributed by atoms with E-state index in [-0.39, 0.29) is 0 Å². The molecule has 10 nitrogen and oxygen atoms in total. The normalized spacial score (nSPS) is 16.9. The van der Waals surface area contributed by atoms with Crippen LogP contribution in [0.3, 0.4) is 0 Å². The van der Waals surface area contributed by atoms with Gasteiger partial charge in [-0.2, -0.15) is 13.2 Å². The van der Waals surface area contributed by atoms with Gasteiger partial charge in [0.1, 0.15) is 11.6 Å². The third kappa shape index (κ3) is 11.3. The number of likely N-dealkylation sites (N-methyl/N-ethyl adjacent to an activating group) is 2. The van der Waals surface area contributed by atoms with Crippen LogP contribution < -0.4 is 5.32 Å². The Labute approximate surface area is 362 Å². The van der Waals surface area contributed by atoms with Crippen molar-refractivity contribution in [1.82, 2.24) is 20.0 Å². The Morgan fingerprint density at radius 2 is 1.34 bits per heavy atom. The first kappa shape index (κ1) is 47.1. The van der Waals surface area contributed by atoms with Crippen molar-refractivity contribution in [2.45, 2.75) is 121 Å². The molecule has 0 spiro atoms. The lowest BCUT2D eigenvalue weighted by atomic mass is 9.78. The van der Waals surface area contributed by atoms with Crippen LogP contribution in [0.4, 0.5) is 13.2 Å². The van der Waals surface area contributed by atoms with E-state index in [1.165, 1.54) is 45.2 Å². The van der Waals surface area contributed by atoms with Crippen molar-refractivity contribution < 1.29 is 41.9 Å². The fraction of sp³-hybridized carbons (Fsp3) is 0.511. The van der Waals surface area contributed by atoms with Gasteiger partial charge >= 0.3 is 18.1 Å². The molecule has 61 heavy (non-hydrogen) atoms. The molecule has 1 aliphatic carbocycles. The maximum Gasteiger partial charge on any atom is 0.471 e. The minimum absolute atomic E-state index is 0.340. The van der Waals surface area contributed by atoms with Gasteiger partial charge in [0, 0.05) is 48.4 Å². The smallest absolute Gasteiger partial charge is 0.444 e. The van der Waals surface area contributed by atoms with Gasteiger partial charge < -0.3 is 24.8 Å². The Balaban J connectivity index is 1.46. The number of amides is 4. The number of halogens is 4. The van der Waals surface area contributed by atoms with Crippen LogP contribution in [-0.4, -0.2) is 95.3 Å². The fourth-order valence-corrected chi connectivity index (χ4v) is 9.09. The number of alkyl halides is 3. The number of benzene rings is 3. The van der Waals surface area contributed by atoms with E-state index >= 15 is 0 Å². The van der Waals surface area contributed by atoms with Crippen molar-refractivity contribution in [2.75, 3.05) is 33.2 Å². The van der Waals surface area contributed by atoms with Crippen molar-refractivity contribution in [3.8, 4) is 0 Å². The summed E-state index contributed by atoms with van der Waals surface area (Å²) >= 11 is 6.96. The maximum absolute atomic E-state index is 14.6. The molecule has 5 rings (SSSR count). The van der Waals surface area contributed by atoms with E-state index in [1.807, 2.05) is 42.5 Å². The minimum Gasteiger partial charge on any atom is -0.444 e. The molecule has 3 aromatic carbocycles. The van der Waals surface area contributed by atoms with E-state index in [1.54, 1.807) is 29.2 Å². The van der Waals surface area contributed by atoms with Crippen LogP contribution in [0.5, 0.6) is 0 Å². The average Bonchev–Trinajstić information content (AvgIpc) is 3.82. The lowest BCUT2D eigenvalue weighted by Gasteiger charge is -2.39. The van der Waals surface area contributed by atoms with Crippen molar-refractivity contribution in [1.29, 1.82) is 0 Å². The van der Waals surface area contributed by atoms with E-state index in [0.29, 0.717) is 45.6 Å². The zero-order chi connectivity index (χ0) is 44.4. The second-order valence-electron chi connectivity index (χ2n) is 16.6. The molecule has 1 aliphatic heterocycles.